The Hall–Kier alpha value is 0.200. The topological polar surface area (TPSA) is 12.9 Å². The molecule has 3 rings (SSSR count). The van der Waals surface area contributed by atoms with Crippen LogP contribution in [-0.4, -0.2) is 4.98 Å². The van der Waals surface area contributed by atoms with E-state index in [-0.39, 0.29) is 60.8 Å². The molecule has 22 heavy (non-hydrogen) atoms. The number of halogens is 4. The van der Waals surface area contributed by atoms with Gasteiger partial charge >= 0.3 is 0 Å². The second-order valence-corrected chi connectivity index (χ2v) is 4.75. The highest BCUT2D eigenvalue weighted by Gasteiger charge is 2.07. The minimum absolute atomic E-state index is 0. The number of hydrogen-bond donors (Lipinski definition) is 0. The lowest BCUT2D eigenvalue weighted by Crippen LogP contribution is -1.92. The fourth-order valence-corrected chi connectivity index (χ4v) is 2.53. The molecule has 0 aliphatic carbocycles. The lowest BCUT2D eigenvalue weighted by atomic mass is 10.0. The molecular weight excluding hydrogens is 557 g/mol. The lowest BCUT2D eigenvalue weighted by Gasteiger charge is -2.08. The number of nitrogens with zero attached hydrogens (tertiary/aromatic N) is 1. The van der Waals surface area contributed by atoms with Gasteiger partial charge in [0.2, 0.25) is 0 Å². The van der Waals surface area contributed by atoms with Crippen LogP contribution in [0.5, 0.6) is 0 Å². The molecule has 0 aliphatic heterocycles. The second kappa shape index (κ2) is 11.7. The van der Waals surface area contributed by atoms with Gasteiger partial charge in [0.15, 0.2) is 0 Å². The minimum Gasteiger partial charge on any atom is -0.247 e. The molecule has 0 amide bonds. The highest BCUT2D eigenvalue weighted by atomic mass is 79.9. The predicted molar refractivity (Wildman–Crippen MR) is 122 cm³/mol. The third-order valence-corrected chi connectivity index (χ3v) is 3.60. The van der Waals surface area contributed by atoms with Crippen LogP contribution in [-0.2, 0) is 5.33 Å². The summed E-state index contributed by atoms with van der Waals surface area (Å²) in [5.74, 6) is 0. The van der Waals surface area contributed by atoms with Crippen molar-refractivity contribution in [3.05, 3.63) is 66.2 Å². The number of hydrogen-bond acceptors (Lipinski definition) is 1. The van der Waals surface area contributed by atoms with E-state index in [1.807, 2.05) is 30.3 Å². The number of fused-ring (bicyclic) bond motifs is 1. The first-order valence-corrected chi connectivity index (χ1v) is 7.00. The summed E-state index contributed by atoms with van der Waals surface area (Å²) in [6.07, 6.45) is 0. The summed E-state index contributed by atoms with van der Waals surface area (Å²) < 4.78 is 0. The van der Waals surface area contributed by atoms with Crippen molar-refractivity contribution >= 4 is 87.7 Å². The van der Waals surface area contributed by atoms with E-state index in [1.165, 1.54) is 10.9 Å². The van der Waals surface area contributed by atoms with Crippen LogP contribution in [0.25, 0.3) is 22.2 Å². The summed E-state index contributed by atoms with van der Waals surface area (Å²) in [5.41, 5.74) is 4.49. The third kappa shape index (κ3) is 5.38. The summed E-state index contributed by atoms with van der Waals surface area (Å²) >= 11 is 3.55. The molecule has 3 aromatic rings. The van der Waals surface area contributed by atoms with E-state index < -0.39 is 0 Å². The van der Waals surface area contributed by atoms with Crippen LogP contribution in [0.4, 0.5) is 0 Å². The van der Waals surface area contributed by atoms with Crippen LogP contribution >= 0.6 is 76.8 Å². The first-order chi connectivity index (χ1) is 8.88. The Labute approximate surface area is 174 Å². The van der Waals surface area contributed by atoms with Gasteiger partial charge in [0.05, 0.1) is 11.2 Å². The van der Waals surface area contributed by atoms with E-state index in [4.69, 9.17) is 4.98 Å². The Morgan fingerprint density at radius 1 is 0.818 bits per heavy atom. The van der Waals surface area contributed by atoms with Crippen molar-refractivity contribution in [2.75, 3.05) is 0 Å². The largest absolute Gasteiger partial charge is 0.247 e. The number of benzene rings is 2. The Balaban J connectivity index is 0. The van der Waals surface area contributed by atoms with Crippen LogP contribution in [0.15, 0.2) is 60.7 Å². The zero-order valence-electron chi connectivity index (χ0n) is 11.7. The van der Waals surface area contributed by atoms with E-state index in [9.17, 15) is 0 Å². The fourth-order valence-electron chi connectivity index (χ4n) is 2.11. The molecule has 0 fully saturated rings. The summed E-state index contributed by atoms with van der Waals surface area (Å²) in [6.45, 7) is 0. The SMILES string of the molecule is Br.Br.Br.BrCc1cc2ccccc2nc1-c1ccccc1.P. The van der Waals surface area contributed by atoms with Gasteiger partial charge in [-0.15, -0.1) is 50.9 Å². The normalized spacial score (nSPS) is 8.77. The molecule has 0 radical (unpaired) electrons. The summed E-state index contributed by atoms with van der Waals surface area (Å²) in [7, 11) is 0. The molecule has 0 bridgehead atoms. The Kier molecular flexibility index (Phi) is 13.0. The van der Waals surface area contributed by atoms with Crippen molar-refractivity contribution in [3.63, 3.8) is 0 Å². The van der Waals surface area contributed by atoms with Crippen molar-refractivity contribution in [3.8, 4) is 11.3 Å². The summed E-state index contributed by atoms with van der Waals surface area (Å²) in [6, 6.07) is 20.8. The Morgan fingerprint density at radius 2 is 1.41 bits per heavy atom. The van der Waals surface area contributed by atoms with E-state index in [2.05, 4.69) is 46.3 Å². The van der Waals surface area contributed by atoms with Gasteiger partial charge in [0.25, 0.3) is 0 Å². The Morgan fingerprint density at radius 3 is 2.05 bits per heavy atom. The van der Waals surface area contributed by atoms with E-state index in [1.54, 1.807) is 0 Å². The molecule has 0 saturated carbocycles. The van der Waals surface area contributed by atoms with Gasteiger partial charge in [0, 0.05) is 16.3 Å². The van der Waals surface area contributed by atoms with Gasteiger partial charge in [-0.05, 0) is 17.7 Å². The third-order valence-electron chi connectivity index (χ3n) is 2.99. The number of para-hydroxylation sites is 1. The van der Waals surface area contributed by atoms with Gasteiger partial charge < -0.3 is 0 Å². The van der Waals surface area contributed by atoms with Gasteiger partial charge in [-0.1, -0.05) is 64.5 Å². The standard InChI is InChI=1S/C16H12BrN.3BrH.H3P/c17-11-14-10-13-8-4-5-9-15(13)18-16(14)12-6-2-1-3-7-12;;;;/h1-10H,11H2;3*1H;1H3. The Bertz CT molecular complexity index is 692. The average molecular weight is 575 g/mol. The molecule has 0 saturated heterocycles. The highest BCUT2D eigenvalue weighted by molar-refractivity contribution is 9.08. The van der Waals surface area contributed by atoms with Gasteiger partial charge in [-0.25, -0.2) is 4.98 Å². The van der Waals surface area contributed by atoms with Crippen LogP contribution in [0, 0.1) is 0 Å². The molecule has 6 heteroatoms. The minimum atomic E-state index is 0. The average Bonchev–Trinajstić information content (AvgIpc) is 2.46. The van der Waals surface area contributed by atoms with Gasteiger partial charge in [-0.3, -0.25) is 0 Å². The first-order valence-electron chi connectivity index (χ1n) is 5.88. The maximum absolute atomic E-state index is 4.79. The van der Waals surface area contributed by atoms with Crippen molar-refractivity contribution in [2.45, 2.75) is 5.33 Å². The molecule has 0 aliphatic rings. The second-order valence-electron chi connectivity index (χ2n) is 4.19. The van der Waals surface area contributed by atoms with Crippen molar-refractivity contribution in [2.24, 2.45) is 0 Å². The molecule has 1 atom stereocenters. The molecule has 1 unspecified atom stereocenters. The van der Waals surface area contributed by atoms with Crippen LogP contribution in [0.1, 0.15) is 5.56 Å². The summed E-state index contributed by atoms with van der Waals surface area (Å²) in [4.78, 5) is 4.79. The molecule has 1 nitrogen and oxygen atoms in total. The van der Waals surface area contributed by atoms with Crippen LogP contribution < -0.4 is 0 Å². The zero-order valence-corrected chi connectivity index (χ0v) is 19.9. The lowest BCUT2D eigenvalue weighted by molar-refractivity contribution is 1.32. The highest BCUT2D eigenvalue weighted by Crippen LogP contribution is 2.26. The first kappa shape index (κ1) is 24.5. The van der Waals surface area contributed by atoms with Crippen LogP contribution in [0.3, 0.4) is 0 Å². The molecule has 2 aromatic carbocycles. The molecule has 0 spiro atoms. The quantitative estimate of drug-likeness (QED) is 0.249. The van der Waals surface area contributed by atoms with Gasteiger partial charge in [-0.2, -0.15) is 9.90 Å². The number of alkyl halides is 1. The van der Waals surface area contributed by atoms with E-state index in [0.717, 1.165) is 22.1 Å². The summed E-state index contributed by atoms with van der Waals surface area (Å²) in [5, 5.41) is 2.00. The molecule has 1 heterocycles. The number of rotatable bonds is 2. The predicted octanol–water partition coefficient (Wildman–Crippen LogP) is 6.59. The van der Waals surface area contributed by atoms with E-state index in [0.29, 0.717) is 0 Å². The molecule has 0 N–H and O–H groups in total. The molecular formula is C16H18Br4NP. The maximum atomic E-state index is 4.79. The molecule has 1 aromatic heterocycles. The smallest absolute Gasteiger partial charge is 0.0750 e. The van der Waals surface area contributed by atoms with Crippen molar-refractivity contribution in [1.29, 1.82) is 0 Å². The molecule has 120 valence electrons. The number of pyridine rings is 1. The van der Waals surface area contributed by atoms with Crippen LogP contribution in [0.2, 0.25) is 0 Å². The maximum Gasteiger partial charge on any atom is 0.0750 e. The van der Waals surface area contributed by atoms with Gasteiger partial charge in [0.1, 0.15) is 0 Å². The number of aromatic nitrogens is 1. The van der Waals surface area contributed by atoms with E-state index >= 15 is 0 Å². The monoisotopic (exact) mass is 571 g/mol. The van der Waals surface area contributed by atoms with Crippen molar-refractivity contribution < 1.29 is 0 Å². The zero-order chi connectivity index (χ0) is 12.4. The van der Waals surface area contributed by atoms with Crippen molar-refractivity contribution in [1.82, 2.24) is 4.98 Å². The fraction of sp³-hybridized carbons (Fsp3) is 0.0625.